The lowest BCUT2D eigenvalue weighted by Crippen LogP contribution is -2.40. The van der Waals surface area contributed by atoms with Crippen molar-refractivity contribution < 1.29 is 13.7 Å². The van der Waals surface area contributed by atoms with Crippen LogP contribution in [0.1, 0.15) is 35.3 Å². The highest BCUT2D eigenvalue weighted by molar-refractivity contribution is 6.07. The smallest absolute Gasteiger partial charge is 0.259 e. The molecule has 2 heterocycles. The number of carbonyl (C=O) groups is 1. The molecule has 140 valence electrons. The Balaban J connectivity index is 1.75. The first-order chi connectivity index (χ1) is 13.1. The highest BCUT2D eigenvalue weighted by Crippen LogP contribution is 2.29. The van der Waals surface area contributed by atoms with E-state index in [1.807, 2.05) is 0 Å². The molecule has 3 N–H and O–H groups in total. The molecule has 1 aliphatic rings. The summed E-state index contributed by atoms with van der Waals surface area (Å²) in [6.45, 7) is 2.34. The molecule has 1 aromatic carbocycles. The lowest BCUT2D eigenvalue weighted by Gasteiger charge is -2.19. The van der Waals surface area contributed by atoms with Crippen LogP contribution in [0.15, 0.2) is 34.9 Å². The summed E-state index contributed by atoms with van der Waals surface area (Å²) in [5.41, 5.74) is 8.42. The zero-order chi connectivity index (χ0) is 19.0. The largest absolute Gasteiger partial charge is 0.349 e. The van der Waals surface area contributed by atoms with Crippen LogP contribution in [0.25, 0.3) is 22.4 Å². The van der Waals surface area contributed by atoms with Crippen LogP contribution in [-0.2, 0) is 0 Å². The number of nitrogens with two attached hydrogens (primary N) is 1. The molecule has 2 unspecified atom stereocenters. The number of hydrogen-bond donors (Lipinski definition) is 2. The molecule has 0 saturated heterocycles. The molecule has 1 amide bonds. The second-order valence-electron chi connectivity index (χ2n) is 7.02. The van der Waals surface area contributed by atoms with Gasteiger partial charge in [-0.1, -0.05) is 11.6 Å². The quantitative estimate of drug-likeness (QED) is 0.737. The van der Waals surface area contributed by atoms with E-state index >= 15 is 0 Å². The third kappa shape index (κ3) is 3.30. The normalized spacial score (nSPS) is 19.5. The summed E-state index contributed by atoms with van der Waals surface area (Å²) < 4.78 is 18.5. The predicted octanol–water partition coefficient (Wildman–Crippen LogP) is 3.19. The number of halogens is 1. The van der Waals surface area contributed by atoms with E-state index < -0.39 is 0 Å². The minimum atomic E-state index is -0.331. The molecule has 6 nitrogen and oxygen atoms in total. The molecule has 1 aliphatic carbocycles. The average molecular weight is 368 g/mol. The lowest BCUT2D eigenvalue weighted by atomic mass is 10.0. The standard InChI is InChI=1S/C20H21FN4O2/c1-11-18-15(19(26)23-16-4-2-3-13(16)10-22)9-17(24-20(18)27-25-11)12-5-7-14(21)8-6-12/h5-9,13,16H,2-4,10,22H2,1H3,(H,23,26). The number of aryl methyl sites for hydroxylation is 1. The van der Waals surface area contributed by atoms with Crippen LogP contribution in [0.4, 0.5) is 4.39 Å². The fourth-order valence-electron chi connectivity index (χ4n) is 3.80. The van der Waals surface area contributed by atoms with Crippen molar-refractivity contribution in [2.24, 2.45) is 11.7 Å². The van der Waals surface area contributed by atoms with Crippen LogP contribution in [-0.4, -0.2) is 28.6 Å². The van der Waals surface area contributed by atoms with Crippen LogP contribution >= 0.6 is 0 Å². The maximum absolute atomic E-state index is 13.2. The molecule has 7 heteroatoms. The van der Waals surface area contributed by atoms with Crippen molar-refractivity contribution in [1.29, 1.82) is 0 Å². The summed E-state index contributed by atoms with van der Waals surface area (Å²) in [5, 5.41) is 7.67. The molecular formula is C20H21FN4O2. The first kappa shape index (κ1) is 17.6. The highest BCUT2D eigenvalue weighted by atomic mass is 19.1. The van der Waals surface area contributed by atoms with Gasteiger partial charge in [-0.05, 0) is 62.6 Å². The van der Waals surface area contributed by atoms with Gasteiger partial charge in [-0.2, -0.15) is 0 Å². The van der Waals surface area contributed by atoms with Gasteiger partial charge in [-0.25, -0.2) is 9.37 Å². The molecule has 27 heavy (non-hydrogen) atoms. The maximum Gasteiger partial charge on any atom is 0.259 e. The van der Waals surface area contributed by atoms with E-state index in [0.717, 1.165) is 19.3 Å². The van der Waals surface area contributed by atoms with E-state index in [2.05, 4.69) is 15.5 Å². The fraction of sp³-hybridized carbons (Fsp3) is 0.350. The first-order valence-electron chi connectivity index (χ1n) is 9.10. The molecule has 0 aliphatic heterocycles. The number of carbonyl (C=O) groups excluding carboxylic acids is 1. The second-order valence-corrected chi connectivity index (χ2v) is 7.02. The Morgan fingerprint density at radius 3 is 2.85 bits per heavy atom. The number of fused-ring (bicyclic) bond motifs is 1. The number of benzene rings is 1. The van der Waals surface area contributed by atoms with E-state index in [4.69, 9.17) is 10.3 Å². The van der Waals surface area contributed by atoms with Crippen LogP contribution in [0.3, 0.4) is 0 Å². The summed E-state index contributed by atoms with van der Waals surface area (Å²) in [7, 11) is 0. The Kier molecular flexibility index (Phi) is 4.61. The monoisotopic (exact) mass is 368 g/mol. The number of nitrogens with one attached hydrogen (secondary N) is 1. The molecular weight excluding hydrogens is 347 g/mol. The topological polar surface area (TPSA) is 94.0 Å². The van der Waals surface area contributed by atoms with Crippen LogP contribution in [0.2, 0.25) is 0 Å². The molecule has 1 fully saturated rings. The maximum atomic E-state index is 13.2. The SMILES string of the molecule is Cc1noc2nc(-c3ccc(F)cc3)cc(C(=O)NC3CCCC3CN)c12. The molecule has 0 radical (unpaired) electrons. The Labute approximate surface area is 155 Å². The summed E-state index contributed by atoms with van der Waals surface area (Å²) in [6.07, 6.45) is 3.02. The fourth-order valence-corrected chi connectivity index (χ4v) is 3.80. The molecule has 2 aromatic heterocycles. The van der Waals surface area contributed by atoms with Gasteiger partial charge in [0.2, 0.25) is 0 Å². The van der Waals surface area contributed by atoms with E-state index in [9.17, 15) is 9.18 Å². The van der Waals surface area contributed by atoms with Crippen molar-refractivity contribution in [2.45, 2.75) is 32.2 Å². The third-order valence-electron chi connectivity index (χ3n) is 5.28. The predicted molar refractivity (Wildman–Crippen MR) is 99.6 cm³/mol. The Hall–Kier alpha value is -2.80. The molecule has 0 bridgehead atoms. The van der Waals surface area contributed by atoms with E-state index in [1.54, 1.807) is 25.1 Å². The molecule has 3 aromatic rings. The molecule has 1 saturated carbocycles. The van der Waals surface area contributed by atoms with Crippen molar-refractivity contribution >= 4 is 17.0 Å². The van der Waals surface area contributed by atoms with Crippen molar-refractivity contribution in [2.75, 3.05) is 6.54 Å². The number of hydrogen-bond acceptors (Lipinski definition) is 5. The zero-order valence-corrected chi connectivity index (χ0v) is 15.0. The number of rotatable bonds is 4. The van der Waals surface area contributed by atoms with E-state index in [-0.39, 0.29) is 17.8 Å². The first-order valence-corrected chi connectivity index (χ1v) is 9.10. The van der Waals surface area contributed by atoms with Gasteiger partial charge >= 0.3 is 0 Å². The average Bonchev–Trinajstić information content (AvgIpc) is 3.28. The highest BCUT2D eigenvalue weighted by Gasteiger charge is 2.29. The van der Waals surface area contributed by atoms with Gasteiger partial charge in [-0.15, -0.1) is 0 Å². The van der Waals surface area contributed by atoms with Gasteiger partial charge in [0.25, 0.3) is 11.6 Å². The van der Waals surface area contributed by atoms with Gasteiger partial charge in [0.1, 0.15) is 5.82 Å². The number of nitrogens with zero attached hydrogens (tertiary/aromatic N) is 2. The van der Waals surface area contributed by atoms with Crippen molar-refractivity contribution in [3.63, 3.8) is 0 Å². The summed E-state index contributed by atoms with van der Waals surface area (Å²) in [6, 6.07) is 7.74. The van der Waals surface area contributed by atoms with Crippen molar-refractivity contribution in [3.05, 3.63) is 47.4 Å². The van der Waals surface area contributed by atoms with Gasteiger partial charge in [0, 0.05) is 11.6 Å². The lowest BCUT2D eigenvalue weighted by molar-refractivity contribution is 0.0930. The van der Waals surface area contributed by atoms with Crippen LogP contribution < -0.4 is 11.1 Å². The number of pyridine rings is 1. The molecule has 4 rings (SSSR count). The Bertz CT molecular complexity index is 984. The van der Waals surface area contributed by atoms with Crippen molar-refractivity contribution in [3.8, 4) is 11.3 Å². The van der Waals surface area contributed by atoms with E-state index in [1.165, 1.54) is 12.1 Å². The number of amides is 1. The minimum absolute atomic E-state index is 0.0696. The molecule has 2 atom stereocenters. The van der Waals surface area contributed by atoms with Gasteiger partial charge in [-0.3, -0.25) is 4.79 Å². The third-order valence-corrected chi connectivity index (χ3v) is 5.28. The second kappa shape index (κ2) is 7.08. The summed E-state index contributed by atoms with van der Waals surface area (Å²) in [5.74, 6) is -0.226. The summed E-state index contributed by atoms with van der Waals surface area (Å²) >= 11 is 0. The van der Waals surface area contributed by atoms with Gasteiger partial charge in [0.05, 0.1) is 22.3 Å². The molecule has 0 spiro atoms. The summed E-state index contributed by atoms with van der Waals surface area (Å²) in [4.78, 5) is 17.5. The number of aromatic nitrogens is 2. The minimum Gasteiger partial charge on any atom is -0.349 e. The van der Waals surface area contributed by atoms with E-state index in [0.29, 0.717) is 46.1 Å². The zero-order valence-electron chi connectivity index (χ0n) is 15.0. The van der Waals surface area contributed by atoms with Gasteiger partial charge in [0.15, 0.2) is 0 Å². The van der Waals surface area contributed by atoms with Crippen LogP contribution in [0.5, 0.6) is 0 Å². The van der Waals surface area contributed by atoms with Crippen molar-refractivity contribution in [1.82, 2.24) is 15.5 Å². The van der Waals surface area contributed by atoms with Gasteiger partial charge < -0.3 is 15.6 Å². The Morgan fingerprint density at radius 2 is 2.11 bits per heavy atom. The Morgan fingerprint density at radius 1 is 1.33 bits per heavy atom. The van der Waals surface area contributed by atoms with Crippen LogP contribution in [0, 0.1) is 18.7 Å².